The summed E-state index contributed by atoms with van der Waals surface area (Å²) in [6.45, 7) is 1.63. The van der Waals surface area contributed by atoms with Crippen LogP contribution in [0.3, 0.4) is 0 Å². The number of halogens is 4. The maximum atomic E-state index is 13.9. The Hall–Kier alpha value is -3.90. The molecule has 190 valence electrons. The third kappa shape index (κ3) is 5.16. The second-order valence-corrected chi connectivity index (χ2v) is 9.14. The molecule has 0 aliphatic heterocycles. The molecular formula is C23H19Cl2F2N9O. The van der Waals surface area contributed by atoms with E-state index in [1.165, 1.54) is 28.0 Å². The number of hydrogen-bond acceptors (Lipinski definition) is 6. The van der Waals surface area contributed by atoms with Crippen molar-refractivity contribution in [3.8, 4) is 11.3 Å². The Morgan fingerprint density at radius 3 is 2.70 bits per heavy atom. The molecule has 0 saturated carbocycles. The number of carbonyl (C=O) groups excluding carboxylic acids is 1. The van der Waals surface area contributed by atoms with Gasteiger partial charge in [0.15, 0.2) is 5.65 Å². The van der Waals surface area contributed by atoms with Crippen LogP contribution in [0.4, 0.5) is 14.7 Å². The minimum atomic E-state index is -2.76. The van der Waals surface area contributed by atoms with Crippen molar-refractivity contribution in [1.82, 2.24) is 39.3 Å². The molecule has 1 N–H and O–H groups in total. The Bertz CT molecular complexity index is 1630. The van der Waals surface area contributed by atoms with Crippen LogP contribution in [0.15, 0.2) is 43.0 Å². The van der Waals surface area contributed by atoms with Gasteiger partial charge in [0.1, 0.15) is 12.9 Å². The molecule has 1 aromatic carbocycles. The zero-order valence-corrected chi connectivity index (χ0v) is 21.0. The summed E-state index contributed by atoms with van der Waals surface area (Å²) >= 11 is 12.1. The predicted molar refractivity (Wildman–Crippen MR) is 134 cm³/mol. The zero-order valence-electron chi connectivity index (χ0n) is 19.5. The van der Waals surface area contributed by atoms with E-state index in [0.717, 1.165) is 5.56 Å². The number of nitrogens with zero attached hydrogens (tertiary/aromatic N) is 8. The molecule has 1 amide bonds. The first-order valence-electron chi connectivity index (χ1n) is 11.0. The first-order chi connectivity index (χ1) is 17.7. The second kappa shape index (κ2) is 9.87. The van der Waals surface area contributed by atoms with Crippen molar-refractivity contribution in [1.29, 1.82) is 0 Å². The minimum absolute atomic E-state index is 0.0700. The molecule has 0 aliphatic carbocycles. The fourth-order valence-electron chi connectivity index (χ4n) is 3.92. The van der Waals surface area contributed by atoms with Gasteiger partial charge >= 0.3 is 0 Å². The predicted octanol–water partition coefficient (Wildman–Crippen LogP) is 4.66. The zero-order chi connectivity index (χ0) is 26.3. The molecule has 5 aromatic rings. The monoisotopic (exact) mass is 545 g/mol. The van der Waals surface area contributed by atoms with E-state index in [4.69, 9.17) is 23.2 Å². The number of rotatable bonds is 7. The van der Waals surface area contributed by atoms with Gasteiger partial charge in [-0.3, -0.25) is 14.8 Å². The summed E-state index contributed by atoms with van der Waals surface area (Å²) in [4.78, 5) is 21.4. The molecule has 14 heteroatoms. The van der Waals surface area contributed by atoms with E-state index in [1.54, 1.807) is 43.0 Å². The molecule has 0 fully saturated rings. The Morgan fingerprint density at radius 1 is 1.19 bits per heavy atom. The lowest BCUT2D eigenvalue weighted by Crippen LogP contribution is -2.20. The van der Waals surface area contributed by atoms with Crippen molar-refractivity contribution in [3.63, 3.8) is 0 Å². The van der Waals surface area contributed by atoms with Crippen LogP contribution in [0, 0.1) is 6.92 Å². The van der Waals surface area contributed by atoms with Crippen LogP contribution in [0.1, 0.15) is 23.2 Å². The van der Waals surface area contributed by atoms with Gasteiger partial charge in [0, 0.05) is 34.4 Å². The van der Waals surface area contributed by atoms with Crippen molar-refractivity contribution >= 4 is 46.1 Å². The average Bonchev–Trinajstić information content (AvgIpc) is 3.55. The molecule has 0 spiro atoms. The third-order valence-corrected chi connectivity index (χ3v) is 6.16. The molecule has 0 aliphatic rings. The second-order valence-electron chi connectivity index (χ2n) is 8.29. The average molecular weight is 546 g/mol. The van der Waals surface area contributed by atoms with Crippen LogP contribution in [-0.2, 0) is 24.9 Å². The van der Waals surface area contributed by atoms with E-state index in [2.05, 4.69) is 30.6 Å². The van der Waals surface area contributed by atoms with Crippen LogP contribution in [0.25, 0.3) is 22.3 Å². The highest BCUT2D eigenvalue weighted by molar-refractivity contribution is 6.35. The molecule has 37 heavy (non-hydrogen) atoms. The Morgan fingerprint density at radius 2 is 2.00 bits per heavy atom. The summed E-state index contributed by atoms with van der Waals surface area (Å²) in [7, 11) is 1.72. The molecule has 0 atom stereocenters. The number of nitrogens with one attached hydrogen (secondary N) is 1. The fourth-order valence-corrected chi connectivity index (χ4v) is 4.39. The molecule has 4 heterocycles. The van der Waals surface area contributed by atoms with Gasteiger partial charge in [-0.15, -0.1) is 5.10 Å². The highest BCUT2D eigenvalue weighted by Gasteiger charge is 2.22. The van der Waals surface area contributed by atoms with Crippen LogP contribution in [0.5, 0.6) is 0 Å². The number of pyridine rings is 1. The van der Waals surface area contributed by atoms with Crippen molar-refractivity contribution < 1.29 is 13.6 Å². The highest BCUT2D eigenvalue weighted by atomic mass is 35.5. The maximum Gasteiger partial charge on any atom is 0.264 e. The van der Waals surface area contributed by atoms with Gasteiger partial charge in [0.05, 0.1) is 29.5 Å². The van der Waals surface area contributed by atoms with E-state index in [-0.39, 0.29) is 29.1 Å². The van der Waals surface area contributed by atoms with Gasteiger partial charge in [0.2, 0.25) is 11.9 Å². The summed E-state index contributed by atoms with van der Waals surface area (Å²) in [6.07, 6.45) is 1.89. The molecule has 0 unspecified atom stereocenters. The van der Waals surface area contributed by atoms with Gasteiger partial charge in [-0.05, 0) is 30.7 Å². The molecule has 0 saturated heterocycles. The number of fused-ring (bicyclic) bond motifs is 1. The fraction of sp³-hybridized carbons (Fsp3) is 0.217. The number of hydrogen-bond donors (Lipinski definition) is 1. The molecule has 0 radical (unpaired) electrons. The number of anilines is 1. The lowest BCUT2D eigenvalue weighted by atomic mass is 10.1. The van der Waals surface area contributed by atoms with E-state index in [0.29, 0.717) is 33.5 Å². The summed E-state index contributed by atoms with van der Waals surface area (Å²) in [5.41, 5.74) is 1.94. The van der Waals surface area contributed by atoms with Crippen LogP contribution in [0.2, 0.25) is 10.0 Å². The SMILES string of the molecule is Cc1nn(CC(=O)Nc2ncn(Cc3ccc(Cl)cc3Cl)n2)c2nc(-c3cnn(C)c3)cc(C(F)F)c12. The number of alkyl halides is 2. The van der Waals surface area contributed by atoms with Crippen LogP contribution >= 0.6 is 23.2 Å². The van der Waals surface area contributed by atoms with Gasteiger partial charge in [0.25, 0.3) is 6.43 Å². The Labute approximate surface area is 218 Å². The largest absolute Gasteiger partial charge is 0.292 e. The van der Waals surface area contributed by atoms with Crippen LogP contribution in [-0.4, -0.2) is 45.2 Å². The smallest absolute Gasteiger partial charge is 0.264 e. The third-order valence-electron chi connectivity index (χ3n) is 5.57. The summed E-state index contributed by atoms with van der Waals surface area (Å²) in [5, 5.41) is 16.4. The van der Waals surface area contributed by atoms with Gasteiger partial charge in [-0.2, -0.15) is 10.2 Å². The van der Waals surface area contributed by atoms with E-state index >= 15 is 0 Å². The summed E-state index contributed by atoms with van der Waals surface area (Å²) in [5.74, 6) is -0.431. The van der Waals surface area contributed by atoms with E-state index in [9.17, 15) is 13.6 Å². The van der Waals surface area contributed by atoms with Gasteiger partial charge in [-0.25, -0.2) is 28.1 Å². The van der Waals surface area contributed by atoms with E-state index in [1.807, 2.05) is 0 Å². The molecule has 0 bridgehead atoms. The first kappa shape index (κ1) is 24.8. The summed E-state index contributed by atoms with van der Waals surface area (Å²) in [6, 6.07) is 6.44. The van der Waals surface area contributed by atoms with Crippen molar-refractivity contribution in [2.45, 2.75) is 26.4 Å². The topological polar surface area (TPSA) is 108 Å². The number of aryl methyl sites for hydroxylation is 2. The maximum absolute atomic E-state index is 13.9. The standard InChI is InChI=1S/C23H19Cl2F2N9O/c1-12-20-16(21(26)27)6-18(14-7-29-34(2)8-14)30-22(20)36(32-12)10-19(37)31-23-28-11-35(33-23)9-13-3-4-15(24)5-17(13)25/h3-8,11,21H,9-10H2,1-2H3,(H,31,33,37). The Kier molecular flexibility index (Phi) is 6.61. The molecule has 10 nitrogen and oxygen atoms in total. The number of carbonyl (C=O) groups is 1. The number of amides is 1. The van der Waals surface area contributed by atoms with Crippen molar-refractivity contribution in [2.24, 2.45) is 7.05 Å². The molecular weight excluding hydrogens is 527 g/mol. The normalized spacial score (nSPS) is 11.5. The number of benzene rings is 1. The lowest BCUT2D eigenvalue weighted by Gasteiger charge is -2.07. The van der Waals surface area contributed by atoms with E-state index < -0.39 is 12.3 Å². The molecule has 4 aromatic heterocycles. The minimum Gasteiger partial charge on any atom is -0.292 e. The Balaban J connectivity index is 1.38. The molecule has 5 rings (SSSR count). The van der Waals surface area contributed by atoms with Crippen LogP contribution < -0.4 is 5.32 Å². The quantitative estimate of drug-likeness (QED) is 0.318. The lowest BCUT2D eigenvalue weighted by molar-refractivity contribution is -0.116. The first-order valence-corrected chi connectivity index (χ1v) is 11.7. The van der Waals surface area contributed by atoms with Gasteiger partial charge in [-0.1, -0.05) is 29.3 Å². The van der Waals surface area contributed by atoms with Crippen molar-refractivity contribution in [3.05, 3.63) is 69.9 Å². The number of aromatic nitrogens is 8. The highest BCUT2D eigenvalue weighted by Crippen LogP contribution is 2.33. The van der Waals surface area contributed by atoms with Crippen molar-refractivity contribution in [2.75, 3.05) is 5.32 Å². The summed E-state index contributed by atoms with van der Waals surface area (Å²) < 4.78 is 32.2. The van der Waals surface area contributed by atoms with Gasteiger partial charge < -0.3 is 0 Å².